The number of hydrogen-bond acceptors (Lipinski definition) is 3. The van der Waals surface area contributed by atoms with Gasteiger partial charge in [-0.2, -0.15) is 13.2 Å². The molecule has 1 heterocycles. The van der Waals surface area contributed by atoms with E-state index in [9.17, 15) is 18.0 Å². The van der Waals surface area contributed by atoms with E-state index in [2.05, 4.69) is 10.3 Å². The molecule has 0 bridgehead atoms. The maximum Gasteiger partial charge on any atom is 0.416 e. The standard InChI is InChI=1S/C14H12F3N3O/c1-8-4-5-9(14(15,16)17)7-11(8)20-13(21)10-3-2-6-19-12(10)18/h2-7H,1H3,(H2,18,19)(H,20,21). The summed E-state index contributed by atoms with van der Waals surface area (Å²) in [6, 6.07) is 6.11. The van der Waals surface area contributed by atoms with Crippen LogP contribution in [0, 0.1) is 6.92 Å². The molecule has 0 aliphatic rings. The molecule has 3 N–H and O–H groups in total. The Kier molecular flexibility index (Phi) is 3.84. The number of anilines is 2. The average Bonchev–Trinajstić information content (AvgIpc) is 2.40. The molecule has 7 heteroatoms. The number of aromatic nitrogens is 1. The van der Waals surface area contributed by atoms with E-state index in [0.717, 1.165) is 12.1 Å². The van der Waals surface area contributed by atoms with Crippen molar-refractivity contribution >= 4 is 17.4 Å². The number of nitrogens with zero attached hydrogens (tertiary/aromatic N) is 1. The van der Waals surface area contributed by atoms with Crippen molar-refractivity contribution in [3.8, 4) is 0 Å². The number of alkyl halides is 3. The van der Waals surface area contributed by atoms with Crippen molar-refractivity contribution in [3.63, 3.8) is 0 Å². The van der Waals surface area contributed by atoms with Gasteiger partial charge in [0.2, 0.25) is 0 Å². The van der Waals surface area contributed by atoms with Crippen molar-refractivity contribution in [3.05, 3.63) is 53.2 Å². The SMILES string of the molecule is Cc1ccc(C(F)(F)F)cc1NC(=O)c1cccnc1N. The van der Waals surface area contributed by atoms with Crippen molar-refractivity contribution in [2.75, 3.05) is 11.1 Å². The number of hydrogen-bond donors (Lipinski definition) is 2. The number of halogens is 3. The Morgan fingerprint density at radius 1 is 1.29 bits per heavy atom. The summed E-state index contributed by atoms with van der Waals surface area (Å²) in [6.45, 7) is 1.60. The van der Waals surface area contributed by atoms with Crippen LogP contribution < -0.4 is 11.1 Å². The summed E-state index contributed by atoms with van der Waals surface area (Å²) in [6.07, 6.45) is -3.05. The second-order valence-corrected chi connectivity index (χ2v) is 4.42. The number of aryl methyl sites for hydroxylation is 1. The molecule has 1 aromatic heterocycles. The number of pyridine rings is 1. The largest absolute Gasteiger partial charge is 0.416 e. The van der Waals surface area contributed by atoms with Crippen LogP contribution in [0.2, 0.25) is 0 Å². The fourth-order valence-electron chi connectivity index (χ4n) is 1.73. The lowest BCUT2D eigenvalue weighted by molar-refractivity contribution is -0.137. The molecule has 1 aromatic carbocycles. The first kappa shape index (κ1) is 14.8. The van der Waals surface area contributed by atoms with Gasteiger partial charge >= 0.3 is 6.18 Å². The third-order valence-corrected chi connectivity index (χ3v) is 2.90. The highest BCUT2D eigenvalue weighted by Crippen LogP contribution is 2.32. The van der Waals surface area contributed by atoms with Gasteiger partial charge in [0.1, 0.15) is 5.82 Å². The Hall–Kier alpha value is -2.57. The van der Waals surface area contributed by atoms with Crippen molar-refractivity contribution in [1.82, 2.24) is 4.98 Å². The van der Waals surface area contributed by atoms with E-state index in [0.29, 0.717) is 5.56 Å². The van der Waals surface area contributed by atoms with Gasteiger partial charge in [0.25, 0.3) is 5.91 Å². The summed E-state index contributed by atoms with van der Waals surface area (Å²) in [5.41, 5.74) is 5.43. The van der Waals surface area contributed by atoms with Crippen LogP contribution in [-0.4, -0.2) is 10.9 Å². The molecule has 0 saturated carbocycles. The molecule has 0 aliphatic carbocycles. The Morgan fingerprint density at radius 2 is 2.00 bits per heavy atom. The minimum atomic E-state index is -4.47. The van der Waals surface area contributed by atoms with Crippen molar-refractivity contribution < 1.29 is 18.0 Å². The van der Waals surface area contributed by atoms with Gasteiger partial charge in [-0.15, -0.1) is 0 Å². The summed E-state index contributed by atoms with van der Waals surface area (Å²) in [4.78, 5) is 15.8. The molecule has 0 aliphatic heterocycles. The third kappa shape index (κ3) is 3.31. The highest BCUT2D eigenvalue weighted by Gasteiger charge is 2.31. The predicted molar refractivity (Wildman–Crippen MR) is 72.8 cm³/mol. The fraction of sp³-hybridized carbons (Fsp3) is 0.143. The normalized spacial score (nSPS) is 11.2. The molecule has 21 heavy (non-hydrogen) atoms. The summed E-state index contributed by atoms with van der Waals surface area (Å²) >= 11 is 0. The maximum absolute atomic E-state index is 12.7. The predicted octanol–water partition coefficient (Wildman–Crippen LogP) is 3.24. The zero-order chi connectivity index (χ0) is 15.6. The van der Waals surface area contributed by atoms with E-state index in [-0.39, 0.29) is 17.1 Å². The number of nitrogens with two attached hydrogens (primary N) is 1. The Morgan fingerprint density at radius 3 is 2.62 bits per heavy atom. The lowest BCUT2D eigenvalue weighted by Crippen LogP contribution is -2.16. The molecule has 2 rings (SSSR count). The number of nitrogen functional groups attached to an aromatic ring is 1. The molecule has 0 fully saturated rings. The second kappa shape index (κ2) is 5.43. The number of carbonyl (C=O) groups is 1. The fourth-order valence-corrected chi connectivity index (χ4v) is 1.73. The number of rotatable bonds is 2. The van der Waals surface area contributed by atoms with Crippen LogP contribution in [0.3, 0.4) is 0 Å². The van der Waals surface area contributed by atoms with E-state index in [1.54, 1.807) is 6.92 Å². The summed E-state index contributed by atoms with van der Waals surface area (Å²) < 4.78 is 38.0. The summed E-state index contributed by atoms with van der Waals surface area (Å²) in [7, 11) is 0. The minimum absolute atomic E-state index is 0.0135. The van der Waals surface area contributed by atoms with Gasteiger partial charge in [-0.1, -0.05) is 6.07 Å². The monoisotopic (exact) mass is 295 g/mol. The van der Waals surface area contributed by atoms with Gasteiger partial charge in [0.15, 0.2) is 0 Å². The number of carbonyl (C=O) groups excluding carboxylic acids is 1. The van der Waals surface area contributed by atoms with Crippen LogP contribution in [0.1, 0.15) is 21.5 Å². The van der Waals surface area contributed by atoms with Crippen LogP contribution in [0.5, 0.6) is 0 Å². The Labute approximate surface area is 118 Å². The van der Waals surface area contributed by atoms with E-state index in [1.165, 1.54) is 24.4 Å². The van der Waals surface area contributed by atoms with Crippen LogP contribution in [0.25, 0.3) is 0 Å². The smallest absolute Gasteiger partial charge is 0.383 e. The van der Waals surface area contributed by atoms with Gasteiger partial charge in [-0.25, -0.2) is 4.98 Å². The van der Waals surface area contributed by atoms with E-state index in [4.69, 9.17) is 5.73 Å². The lowest BCUT2D eigenvalue weighted by atomic mass is 10.1. The van der Waals surface area contributed by atoms with Gasteiger partial charge in [-0.3, -0.25) is 4.79 Å². The lowest BCUT2D eigenvalue weighted by Gasteiger charge is -2.13. The molecule has 1 amide bonds. The highest BCUT2D eigenvalue weighted by molar-refractivity contribution is 6.07. The van der Waals surface area contributed by atoms with E-state index < -0.39 is 17.6 Å². The highest BCUT2D eigenvalue weighted by atomic mass is 19.4. The van der Waals surface area contributed by atoms with Gasteiger partial charge in [-0.05, 0) is 36.8 Å². The van der Waals surface area contributed by atoms with Crippen LogP contribution in [0.15, 0.2) is 36.5 Å². The summed E-state index contributed by atoms with van der Waals surface area (Å²) in [5, 5.41) is 2.42. The summed E-state index contributed by atoms with van der Waals surface area (Å²) in [5.74, 6) is -0.595. The Bertz CT molecular complexity index is 683. The zero-order valence-corrected chi connectivity index (χ0v) is 11.0. The topological polar surface area (TPSA) is 68.0 Å². The molecule has 2 aromatic rings. The Balaban J connectivity index is 2.31. The van der Waals surface area contributed by atoms with Crippen molar-refractivity contribution in [2.24, 2.45) is 0 Å². The molecule has 0 saturated heterocycles. The molecular formula is C14H12F3N3O. The van der Waals surface area contributed by atoms with E-state index >= 15 is 0 Å². The van der Waals surface area contributed by atoms with Gasteiger partial charge < -0.3 is 11.1 Å². The molecule has 110 valence electrons. The van der Waals surface area contributed by atoms with Gasteiger partial charge in [0.05, 0.1) is 11.1 Å². The second-order valence-electron chi connectivity index (χ2n) is 4.42. The molecule has 0 spiro atoms. The van der Waals surface area contributed by atoms with Gasteiger partial charge in [0, 0.05) is 11.9 Å². The van der Waals surface area contributed by atoms with Crippen molar-refractivity contribution in [2.45, 2.75) is 13.1 Å². The van der Waals surface area contributed by atoms with Crippen LogP contribution >= 0.6 is 0 Å². The minimum Gasteiger partial charge on any atom is -0.383 e. The molecule has 0 atom stereocenters. The maximum atomic E-state index is 12.7. The van der Waals surface area contributed by atoms with E-state index in [1.807, 2.05) is 0 Å². The molecule has 0 unspecified atom stereocenters. The molecular weight excluding hydrogens is 283 g/mol. The average molecular weight is 295 g/mol. The quantitative estimate of drug-likeness (QED) is 0.893. The molecule has 4 nitrogen and oxygen atoms in total. The molecule has 0 radical (unpaired) electrons. The van der Waals surface area contributed by atoms with Crippen LogP contribution in [0.4, 0.5) is 24.7 Å². The third-order valence-electron chi connectivity index (χ3n) is 2.90. The number of benzene rings is 1. The first-order valence-electron chi connectivity index (χ1n) is 5.98. The number of nitrogens with one attached hydrogen (secondary N) is 1. The van der Waals surface area contributed by atoms with Crippen molar-refractivity contribution in [1.29, 1.82) is 0 Å². The van der Waals surface area contributed by atoms with Crippen LogP contribution in [-0.2, 0) is 6.18 Å². The number of amides is 1. The first-order valence-corrected chi connectivity index (χ1v) is 5.98. The first-order chi connectivity index (χ1) is 9.79. The zero-order valence-electron chi connectivity index (χ0n) is 11.0.